The molecule has 4 rings (SSSR count). The Bertz CT molecular complexity index is 501. The molecule has 1 aromatic carbocycles. The van der Waals surface area contributed by atoms with Crippen molar-refractivity contribution in [1.29, 1.82) is 0 Å². The molecule has 0 spiro atoms. The first-order valence-corrected chi connectivity index (χ1v) is 8.14. The van der Waals surface area contributed by atoms with Crippen molar-refractivity contribution in [2.45, 2.75) is 44.4 Å². The fourth-order valence-electron chi connectivity index (χ4n) is 3.29. The van der Waals surface area contributed by atoms with Crippen molar-refractivity contribution in [2.24, 2.45) is 5.92 Å². The molecule has 2 unspecified atom stereocenters. The van der Waals surface area contributed by atoms with Crippen molar-refractivity contribution in [1.82, 2.24) is 5.32 Å². The predicted octanol–water partition coefficient (Wildman–Crippen LogP) is 2.50. The second kappa shape index (κ2) is 5.85. The van der Waals surface area contributed by atoms with Gasteiger partial charge in [0, 0.05) is 25.6 Å². The van der Waals surface area contributed by atoms with Crippen LogP contribution in [0.4, 0.5) is 0 Å². The summed E-state index contributed by atoms with van der Waals surface area (Å²) in [6.07, 6.45) is 5.20. The minimum Gasteiger partial charge on any atom is -0.490 e. The lowest BCUT2D eigenvalue weighted by molar-refractivity contribution is 0.0809. The predicted molar refractivity (Wildman–Crippen MR) is 79.8 cm³/mol. The first-order chi connectivity index (χ1) is 10.4. The van der Waals surface area contributed by atoms with Crippen LogP contribution in [0, 0.1) is 5.92 Å². The van der Waals surface area contributed by atoms with Crippen LogP contribution in [0.3, 0.4) is 0 Å². The van der Waals surface area contributed by atoms with Gasteiger partial charge in [0.2, 0.25) is 0 Å². The van der Waals surface area contributed by atoms with Gasteiger partial charge < -0.3 is 19.5 Å². The summed E-state index contributed by atoms with van der Waals surface area (Å²) in [7, 11) is 0. The third-order valence-corrected chi connectivity index (χ3v) is 4.60. The Balaban J connectivity index is 1.39. The normalized spacial score (nSPS) is 28.4. The Morgan fingerprint density at radius 2 is 1.86 bits per heavy atom. The summed E-state index contributed by atoms with van der Waals surface area (Å²) >= 11 is 0. The van der Waals surface area contributed by atoms with Crippen molar-refractivity contribution in [2.75, 3.05) is 19.8 Å². The van der Waals surface area contributed by atoms with E-state index < -0.39 is 0 Å². The molecule has 0 radical (unpaired) electrons. The molecule has 1 aliphatic carbocycles. The Labute approximate surface area is 125 Å². The van der Waals surface area contributed by atoms with Crippen LogP contribution in [-0.2, 0) is 11.3 Å². The number of hydrogen-bond acceptors (Lipinski definition) is 4. The lowest BCUT2D eigenvalue weighted by atomic mass is 10.1. The van der Waals surface area contributed by atoms with E-state index in [4.69, 9.17) is 14.2 Å². The highest BCUT2D eigenvalue weighted by Gasteiger charge is 2.40. The molecule has 4 nitrogen and oxygen atoms in total. The number of hydrogen-bond donors (Lipinski definition) is 1. The molecule has 114 valence electrons. The summed E-state index contributed by atoms with van der Waals surface area (Å²) in [6, 6.07) is 6.77. The minimum atomic E-state index is 0.436. The molecular weight excluding hydrogens is 266 g/mol. The van der Waals surface area contributed by atoms with E-state index in [2.05, 4.69) is 17.4 Å². The van der Waals surface area contributed by atoms with Crippen LogP contribution in [0.25, 0.3) is 0 Å². The van der Waals surface area contributed by atoms with Gasteiger partial charge in [-0.1, -0.05) is 6.07 Å². The van der Waals surface area contributed by atoms with E-state index in [0.717, 1.165) is 56.6 Å². The molecule has 2 fully saturated rings. The molecular formula is C17H23NO3. The molecule has 4 heteroatoms. The van der Waals surface area contributed by atoms with Crippen molar-refractivity contribution in [3.05, 3.63) is 23.8 Å². The van der Waals surface area contributed by atoms with Crippen molar-refractivity contribution in [3.8, 4) is 11.5 Å². The Hall–Kier alpha value is -1.26. The molecule has 2 aliphatic heterocycles. The van der Waals surface area contributed by atoms with E-state index in [-0.39, 0.29) is 0 Å². The van der Waals surface area contributed by atoms with E-state index in [1.165, 1.54) is 18.4 Å². The zero-order valence-corrected chi connectivity index (χ0v) is 12.3. The number of fused-ring (bicyclic) bond motifs is 1. The maximum atomic E-state index is 5.88. The Kier molecular flexibility index (Phi) is 3.74. The average Bonchev–Trinajstić information content (AvgIpc) is 3.28. The van der Waals surface area contributed by atoms with Gasteiger partial charge in [-0.3, -0.25) is 0 Å². The van der Waals surface area contributed by atoms with Crippen molar-refractivity contribution in [3.63, 3.8) is 0 Å². The van der Waals surface area contributed by atoms with Gasteiger partial charge in [0.25, 0.3) is 0 Å². The average molecular weight is 289 g/mol. The summed E-state index contributed by atoms with van der Waals surface area (Å²) in [6.45, 7) is 3.25. The van der Waals surface area contributed by atoms with Crippen LogP contribution >= 0.6 is 0 Å². The lowest BCUT2D eigenvalue weighted by Gasteiger charge is -2.20. The summed E-state index contributed by atoms with van der Waals surface area (Å²) in [5.41, 5.74) is 1.25. The largest absolute Gasteiger partial charge is 0.490 e. The Morgan fingerprint density at radius 3 is 2.71 bits per heavy atom. The van der Waals surface area contributed by atoms with Gasteiger partial charge >= 0.3 is 0 Å². The van der Waals surface area contributed by atoms with Gasteiger partial charge in [-0.25, -0.2) is 0 Å². The molecule has 21 heavy (non-hydrogen) atoms. The summed E-state index contributed by atoms with van der Waals surface area (Å²) in [5, 5.41) is 3.67. The molecule has 1 N–H and O–H groups in total. The quantitative estimate of drug-likeness (QED) is 0.924. The maximum absolute atomic E-state index is 5.88. The van der Waals surface area contributed by atoms with E-state index in [1.807, 2.05) is 6.07 Å². The molecule has 0 amide bonds. The van der Waals surface area contributed by atoms with Gasteiger partial charge in [0.1, 0.15) is 0 Å². The second-order valence-corrected chi connectivity index (χ2v) is 6.28. The number of benzene rings is 1. The molecule has 1 saturated heterocycles. The first kappa shape index (κ1) is 13.4. The van der Waals surface area contributed by atoms with E-state index in [1.54, 1.807) is 0 Å². The summed E-state index contributed by atoms with van der Waals surface area (Å²) < 4.78 is 17.3. The molecule has 3 aliphatic rings. The zero-order valence-electron chi connectivity index (χ0n) is 12.3. The van der Waals surface area contributed by atoms with E-state index >= 15 is 0 Å². The van der Waals surface area contributed by atoms with Crippen LogP contribution in [0.15, 0.2) is 18.2 Å². The standard InChI is InChI=1S/C17H23NO3/c1-7-19-15-5-2-12(10-16(15)20-8-1)11-18-14-6-9-21-17(14)13-3-4-13/h2,5,10,13-14,17-18H,1,3-4,6-9,11H2. The van der Waals surface area contributed by atoms with Gasteiger partial charge in [-0.15, -0.1) is 0 Å². The molecule has 0 bridgehead atoms. The minimum absolute atomic E-state index is 0.436. The SMILES string of the molecule is c1cc2c(cc1CNC1CCOC1C1CC1)OCCCO2. The molecule has 0 aromatic heterocycles. The van der Waals surface area contributed by atoms with Crippen LogP contribution < -0.4 is 14.8 Å². The van der Waals surface area contributed by atoms with E-state index in [9.17, 15) is 0 Å². The summed E-state index contributed by atoms with van der Waals surface area (Å²) in [4.78, 5) is 0. The van der Waals surface area contributed by atoms with Crippen LogP contribution in [0.5, 0.6) is 11.5 Å². The highest BCUT2D eigenvalue weighted by atomic mass is 16.5. The topological polar surface area (TPSA) is 39.7 Å². The first-order valence-electron chi connectivity index (χ1n) is 8.14. The van der Waals surface area contributed by atoms with Gasteiger partial charge in [-0.05, 0) is 42.9 Å². The smallest absolute Gasteiger partial charge is 0.161 e. The van der Waals surface area contributed by atoms with Crippen LogP contribution in [0.2, 0.25) is 0 Å². The monoisotopic (exact) mass is 289 g/mol. The van der Waals surface area contributed by atoms with Crippen LogP contribution in [0.1, 0.15) is 31.2 Å². The van der Waals surface area contributed by atoms with Crippen LogP contribution in [-0.4, -0.2) is 32.0 Å². The molecule has 2 atom stereocenters. The highest BCUT2D eigenvalue weighted by Crippen LogP contribution is 2.39. The van der Waals surface area contributed by atoms with E-state index in [0.29, 0.717) is 12.1 Å². The third-order valence-electron chi connectivity index (χ3n) is 4.60. The van der Waals surface area contributed by atoms with Gasteiger partial charge in [-0.2, -0.15) is 0 Å². The van der Waals surface area contributed by atoms with Crippen molar-refractivity contribution >= 4 is 0 Å². The maximum Gasteiger partial charge on any atom is 0.161 e. The molecule has 1 aromatic rings. The van der Waals surface area contributed by atoms with Crippen molar-refractivity contribution < 1.29 is 14.2 Å². The number of rotatable bonds is 4. The van der Waals surface area contributed by atoms with Gasteiger partial charge in [0.15, 0.2) is 11.5 Å². The fraction of sp³-hybridized carbons (Fsp3) is 0.647. The zero-order chi connectivity index (χ0) is 14.1. The second-order valence-electron chi connectivity index (χ2n) is 6.28. The number of nitrogens with one attached hydrogen (secondary N) is 1. The van der Waals surface area contributed by atoms with Gasteiger partial charge in [0.05, 0.1) is 19.3 Å². The lowest BCUT2D eigenvalue weighted by Crippen LogP contribution is -2.37. The Morgan fingerprint density at radius 1 is 1.00 bits per heavy atom. The molecule has 1 saturated carbocycles. The summed E-state index contributed by atoms with van der Waals surface area (Å²) in [5.74, 6) is 2.55. The highest BCUT2D eigenvalue weighted by molar-refractivity contribution is 5.43. The fourth-order valence-corrected chi connectivity index (χ4v) is 3.29. The number of ether oxygens (including phenoxy) is 3. The molecule has 2 heterocycles. The third kappa shape index (κ3) is 3.01.